The monoisotopic (exact) mass is 397 g/mol. The number of carbonyl (C=O) groups is 2. The van der Waals surface area contributed by atoms with E-state index in [4.69, 9.17) is 4.74 Å². The van der Waals surface area contributed by atoms with Crippen LogP contribution >= 0.6 is 0 Å². The van der Waals surface area contributed by atoms with Crippen molar-refractivity contribution in [2.45, 2.75) is 0 Å². The Morgan fingerprint density at radius 3 is 1.69 bits per heavy atom. The molecule has 2 aliphatic heterocycles. The molecule has 0 bridgehead atoms. The van der Waals surface area contributed by atoms with E-state index in [2.05, 4.69) is 4.90 Å². The summed E-state index contributed by atoms with van der Waals surface area (Å²) in [4.78, 5) is 31.1. The van der Waals surface area contributed by atoms with Gasteiger partial charge < -0.3 is 19.4 Å². The van der Waals surface area contributed by atoms with Gasteiger partial charge in [-0.2, -0.15) is 0 Å². The summed E-state index contributed by atoms with van der Waals surface area (Å²) in [6.45, 7) is 4.92. The molecule has 2 heterocycles. The van der Waals surface area contributed by atoms with Gasteiger partial charge in [-0.05, 0) is 48.5 Å². The Kier molecular flexibility index (Phi) is 5.76. The number of piperazine rings is 1. The summed E-state index contributed by atoms with van der Waals surface area (Å²) >= 11 is 0. The second-order valence-electron chi connectivity index (χ2n) is 7.24. The highest BCUT2D eigenvalue weighted by Crippen LogP contribution is 2.18. The number of anilines is 1. The van der Waals surface area contributed by atoms with Crippen molar-refractivity contribution < 1.29 is 18.7 Å². The molecule has 0 spiro atoms. The lowest BCUT2D eigenvalue weighted by atomic mass is 10.1. The van der Waals surface area contributed by atoms with E-state index in [1.807, 2.05) is 4.90 Å². The van der Waals surface area contributed by atoms with E-state index in [0.29, 0.717) is 63.6 Å². The molecule has 2 aromatic carbocycles. The van der Waals surface area contributed by atoms with E-state index in [9.17, 15) is 14.0 Å². The van der Waals surface area contributed by atoms with Crippen LogP contribution in [0.2, 0.25) is 0 Å². The fraction of sp³-hybridized carbons (Fsp3) is 0.364. The van der Waals surface area contributed by atoms with Crippen LogP contribution in [0.3, 0.4) is 0 Å². The van der Waals surface area contributed by atoms with Crippen molar-refractivity contribution in [3.63, 3.8) is 0 Å². The third-order valence-corrected chi connectivity index (χ3v) is 5.44. The van der Waals surface area contributed by atoms with E-state index < -0.39 is 0 Å². The number of amides is 2. The number of halogens is 1. The maximum atomic E-state index is 13.1. The number of ether oxygens (including phenoxy) is 1. The van der Waals surface area contributed by atoms with Gasteiger partial charge in [0, 0.05) is 56.1 Å². The van der Waals surface area contributed by atoms with E-state index in [1.165, 1.54) is 12.1 Å². The zero-order chi connectivity index (χ0) is 20.2. The summed E-state index contributed by atoms with van der Waals surface area (Å²) in [5, 5.41) is 0. The van der Waals surface area contributed by atoms with E-state index >= 15 is 0 Å². The maximum absolute atomic E-state index is 13.1. The van der Waals surface area contributed by atoms with Gasteiger partial charge in [0.2, 0.25) is 0 Å². The molecule has 0 N–H and O–H groups in total. The zero-order valence-corrected chi connectivity index (χ0v) is 16.2. The molecule has 0 aromatic heterocycles. The SMILES string of the molecule is O=C(c1ccc(C(=O)N2CCN(c3ccc(F)cc3)CC2)cc1)N1CCOCC1. The van der Waals surface area contributed by atoms with Gasteiger partial charge in [-0.25, -0.2) is 4.39 Å². The molecule has 29 heavy (non-hydrogen) atoms. The molecule has 2 amide bonds. The molecule has 0 atom stereocenters. The quantitative estimate of drug-likeness (QED) is 0.797. The smallest absolute Gasteiger partial charge is 0.254 e. The average molecular weight is 397 g/mol. The highest BCUT2D eigenvalue weighted by atomic mass is 19.1. The topological polar surface area (TPSA) is 53.1 Å². The minimum atomic E-state index is -0.252. The molecule has 152 valence electrons. The average Bonchev–Trinajstić information content (AvgIpc) is 2.79. The number of carbonyl (C=O) groups excluding carboxylic acids is 2. The Morgan fingerprint density at radius 2 is 1.17 bits per heavy atom. The zero-order valence-electron chi connectivity index (χ0n) is 16.2. The number of nitrogens with zero attached hydrogens (tertiary/aromatic N) is 3. The lowest BCUT2D eigenvalue weighted by Crippen LogP contribution is -2.48. The van der Waals surface area contributed by atoms with Crippen molar-refractivity contribution in [3.8, 4) is 0 Å². The summed E-state index contributed by atoms with van der Waals surface area (Å²) in [6, 6.07) is 13.3. The molecule has 0 aliphatic carbocycles. The van der Waals surface area contributed by atoms with Crippen molar-refractivity contribution in [2.75, 3.05) is 57.4 Å². The fourth-order valence-corrected chi connectivity index (χ4v) is 3.71. The normalized spacial score (nSPS) is 17.3. The molecule has 0 saturated carbocycles. The minimum absolute atomic E-state index is 0.0276. The van der Waals surface area contributed by atoms with Crippen LogP contribution in [0.25, 0.3) is 0 Å². The van der Waals surface area contributed by atoms with Gasteiger partial charge in [-0.15, -0.1) is 0 Å². The van der Waals surface area contributed by atoms with Gasteiger partial charge in [-0.1, -0.05) is 0 Å². The van der Waals surface area contributed by atoms with E-state index in [-0.39, 0.29) is 17.6 Å². The van der Waals surface area contributed by atoms with Crippen LogP contribution in [-0.4, -0.2) is 74.1 Å². The molecule has 2 aromatic rings. The maximum Gasteiger partial charge on any atom is 0.254 e. The van der Waals surface area contributed by atoms with Crippen LogP contribution in [0.1, 0.15) is 20.7 Å². The molecule has 0 unspecified atom stereocenters. The van der Waals surface area contributed by atoms with Crippen molar-refractivity contribution >= 4 is 17.5 Å². The lowest BCUT2D eigenvalue weighted by Gasteiger charge is -2.36. The number of morpholine rings is 1. The second kappa shape index (κ2) is 8.61. The van der Waals surface area contributed by atoms with Gasteiger partial charge in [0.25, 0.3) is 11.8 Å². The Bertz CT molecular complexity index is 856. The van der Waals surface area contributed by atoms with Crippen molar-refractivity contribution in [1.82, 2.24) is 9.80 Å². The van der Waals surface area contributed by atoms with Crippen LogP contribution in [0.15, 0.2) is 48.5 Å². The van der Waals surface area contributed by atoms with Gasteiger partial charge in [-0.3, -0.25) is 9.59 Å². The Labute approximate surface area is 169 Å². The van der Waals surface area contributed by atoms with Gasteiger partial charge in [0.15, 0.2) is 0 Å². The molecule has 2 aliphatic rings. The minimum Gasteiger partial charge on any atom is -0.378 e. The van der Waals surface area contributed by atoms with Crippen LogP contribution in [0.4, 0.5) is 10.1 Å². The summed E-state index contributed by atoms with van der Waals surface area (Å²) in [6.07, 6.45) is 0. The van der Waals surface area contributed by atoms with Crippen LogP contribution in [0.5, 0.6) is 0 Å². The predicted molar refractivity (Wildman–Crippen MR) is 108 cm³/mol. The standard InChI is InChI=1S/C22H24FN3O3/c23-19-5-7-20(8-6-19)24-9-11-25(12-10-24)21(27)17-1-3-18(4-2-17)22(28)26-13-15-29-16-14-26/h1-8H,9-16H2. The number of hydrogen-bond acceptors (Lipinski definition) is 4. The van der Waals surface area contributed by atoms with Crippen LogP contribution < -0.4 is 4.90 Å². The molecule has 4 rings (SSSR count). The van der Waals surface area contributed by atoms with E-state index in [0.717, 1.165) is 5.69 Å². The molecular weight excluding hydrogens is 373 g/mol. The van der Waals surface area contributed by atoms with Gasteiger partial charge in [0.1, 0.15) is 5.82 Å². The molecule has 0 radical (unpaired) electrons. The second-order valence-corrected chi connectivity index (χ2v) is 7.24. The van der Waals surface area contributed by atoms with Gasteiger partial charge in [0.05, 0.1) is 13.2 Å². The third kappa shape index (κ3) is 4.40. The Morgan fingerprint density at radius 1 is 0.690 bits per heavy atom. The highest BCUT2D eigenvalue weighted by Gasteiger charge is 2.23. The molecule has 2 saturated heterocycles. The molecule has 2 fully saturated rings. The highest BCUT2D eigenvalue weighted by molar-refractivity contribution is 5.98. The summed E-state index contributed by atoms with van der Waals surface area (Å²) in [5.74, 6) is -0.313. The molecule has 7 heteroatoms. The predicted octanol–water partition coefficient (Wildman–Crippen LogP) is 2.26. The molecular formula is C22H24FN3O3. The molecule has 6 nitrogen and oxygen atoms in total. The van der Waals surface area contributed by atoms with Gasteiger partial charge >= 0.3 is 0 Å². The number of hydrogen-bond donors (Lipinski definition) is 0. The summed E-state index contributed by atoms with van der Waals surface area (Å²) in [7, 11) is 0. The van der Waals surface area contributed by atoms with Crippen LogP contribution in [0, 0.1) is 5.82 Å². The number of benzene rings is 2. The number of rotatable bonds is 3. The third-order valence-electron chi connectivity index (χ3n) is 5.44. The first-order valence-electron chi connectivity index (χ1n) is 9.89. The summed E-state index contributed by atoms with van der Waals surface area (Å²) in [5.41, 5.74) is 2.13. The Balaban J connectivity index is 1.35. The largest absolute Gasteiger partial charge is 0.378 e. The van der Waals surface area contributed by atoms with Crippen molar-refractivity contribution in [3.05, 3.63) is 65.5 Å². The lowest BCUT2D eigenvalue weighted by molar-refractivity contribution is 0.0303. The first kappa shape index (κ1) is 19.4. The summed E-state index contributed by atoms with van der Waals surface area (Å²) < 4.78 is 18.4. The van der Waals surface area contributed by atoms with Crippen molar-refractivity contribution in [1.29, 1.82) is 0 Å². The van der Waals surface area contributed by atoms with Crippen molar-refractivity contribution in [2.24, 2.45) is 0 Å². The Hall–Kier alpha value is -2.93. The van der Waals surface area contributed by atoms with E-state index in [1.54, 1.807) is 41.3 Å². The van der Waals surface area contributed by atoms with Crippen LogP contribution in [-0.2, 0) is 4.74 Å². The first-order chi connectivity index (χ1) is 14.1. The fourth-order valence-electron chi connectivity index (χ4n) is 3.71. The first-order valence-corrected chi connectivity index (χ1v) is 9.89.